The van der Waals surface area contributed by atoms with Crippen molar-refractivity contribution < 1.29 is 23.5 Å². The van der Waals surface area contributed by atoms with Crippen molar-refractivity contribution in [2.75, 3.05) is 21.3 Å². The van der Waals surface area contributed by atoms with Gasteiger partial charge in [-0.25, -0.2) is 5.43 Å². The van der Waals surface area contributed by atoms with Gasteiger partial charge in [-0.05, 0) is 19.1 Å². The molecule has 1 heterocycles. The van der Waals surface area contributed by atoms with Crippen molar-refractivity contribution in [3.8, 4) is 28.5 Å². The third kappa shape index (κ3) is 4.21. The second kappa shape index (κ2) is 8.92. The molecule has 0 spiro atoms. The van der Waals surface area contributed by atoms with Gasteiger partial charge in [0.15, 0.2) is 11.5 Å². The van der Waals surface area contributed by atoms with Gasteiger partial charge in [0.05, 0.1) is 27.5 Å². The van der Waals surface area contributed by atoms with Crippen LogP contribution in [0.25, 0.3) is 11.3 Å². The van der Waals surface area contributed by atoms with Gasteiger partial charge >= 0.3 is 0 Å². The van der Waals surface area contributed by atoms with E-state index < -0.39 is 5.91 Å². The van der Waals surface area contributed by atoms with E-state index in [1.54, 1.807) is 19.1 Å². The molecule has 0 aliphatic carbocycles. The van der Waals surface area contributed by atoms with Gasteiger partial charge in [0, 0.05) is 11.1 Å². The van der Waals surface area contributed by atoms with E-state index in [4.69, 9.17) is 18.7 Å². The van der Waals surface area contributed by atoms with E-state index in [-0.39, 0.29) is 0 Å². The molecule has 0 aliphatic heterocycles. The maximum atomic E-state index is 12.7. The first-order valence-electron chi connectivity index (χ1n) is 8.74. The predicted molar refractivity (Wildman–Crippen MR) is 108 cm³/mol. The van der Waals surface area contributed by atoms with Gasteiger partial charge in [-0.1, -0.05) is 35.5 Å². The van der Waals surface area contributed by atoms with Crippen LogP contribution in [0.4, 0.5) is 0 Å². The van der Waals surface area contributed by atoms with Gasteiger partial charge in [0.1, 0.15) is 17.0 Å². The van der Waals surface area contributed by atoms with Crippen molar-refractivity contribution in [2.45, 2.75) is 6.92 Å². The smallest absolute Gasteiger partial charge is 0.277 e. The van der Waals surface area contributed by atoms with Gasteiger partial charge in [0.25, 0.3) is 5.91 Å². The summed E-state index contributed by atoms with van der Waals surface area (Å²) in [4.78, 5) is 12.7. The maximum absolute atomic E-state index is 12.7. The normalized spacial score (nSPS) is 10.8. The van der Waals surface area contributed by atoms with E-state index in [1.807, 2.05) is 30.3 Å². The lowest BCUT2D eigenvalue weighted by molar-refractivity contribution is 0.0954. The molecule has 3 aromatic rings. The fourth-order valence-corrected chi connectivity index (χ4v) is 2.83. The van der Waals surface area contributed by atoms with E-state index in [0.717, 1.165) is 5.56 Å². The van der Waals surface area contributed by atoms with E-state index in [1.165, 1.54) is 27.5 Å². The number of nitrogens with zero attached hydrogens (tertiary/aromatic N) is 2. The molecule has 0 bridgehead atoms. The molecule has 3 rings (SSSR count). The van der Waals surface area contributed by atoms with E-state index in [2.05, 4.69) is 15.7 Å². The molecule has 150 valence electrons. The molecule has 8 nitrogen and oxygen atoms in total. The molecule has 1 aromatic heterocycles. The summed E-state index contributed by atoms with van der Waals surface area (Å²) in [5.41, 5.74) is 4.74. The molecule has 2 aromatic carbocycles. The van der Waals surface area contributed by atoms with Crippen LogP contribution in [0.3, 0.4) is 0 Å². The number of aromatic nitrogens is 1. The topological polar surface area (TPSA) is 95.2 Å². The summed E-state index contributed by atoms with van der Waals surface area (Å²) in [6.45, 7) is 1.68. The Morgan fingerprint density at radius 3 is 2.31 bits per heavy atom. The van der Waals surface area contributed by atoms with E-state index in [0.29, 0.717) is 39.8 Å². The minimum Gasteiger partial charge on any atom is -0.493 e. The summed E-state index contributed by atoms with van der Waals surface area (Å²) in [5, 5.41) is 8.04. The molecule has 0 fully saturated rings. The summed E-state index contributed by atoms with van der Waals surface area (Å²) in [7, 11) is 4.58. The van der Waals surface area contributed by atoms with Crippen LogP contribution < -0.4 is 19.6 Å². The molecule has 1 N–H and O–H groups in total. The average molecular weight is 395 g/mol. The number of ether oxygens (including phenoxy) is 3. The highest BCUT2D eigenvalue weighted by Crippen LogP contribution is 2.37. The molecule has 29 heavy (non-hydrogen) atoms. The van der Waals surface area contributed by atoms with Gasteiger partial charge in [-0.15, -0.1) is 0 Å². The van der Waals surface area contributed by atoms with Crippen molar-refractivity contribution in [1.82, 2.24) is 10.6 Å². The molecule has 0 saturated heterocycles. The Balaban J connectivity index is 1.82. The zero-order valence-electron chi connectivity index (χ0n) is 16.6. The molecule has 0 saturated carbocycles. The van der Waals surface area contributed by atoms with Gasteiger partial charge in [-0.2, -0.15) is 5.10 Å². The zero-order valence-corrected chi connectivity index (χ0v) is 16.6. The van der Waals surface area contributed by atoms with Crippen LogP contribution in [0, 0.1) is 6.92 Å². The molecular formula is C21H21N3O5. The first kappa shape index (κ1) is 19.9. The Morgan fingerprint density at radius 2 is 1.72 bits per heavy atom. The molecular weight excluding hydrogens is 374 g/mol. The van der Waals surface area contributed by atoms with Crippen LogP contribution in [0.5, 0.6) is 17.2 Å². The number of nitrogens with one attached hydrogen (secondary N) is 1. The van der Waals surface area contributed by atoms with Crippen LogP contribution in [0.1, 0.15) is 21.7 Å². The minimum absolute atomic E-state index is 0.332. The Bertz CT molecular complexity index is 1000. The highest BCUT2D eigenvalue weighted by atomic mass is 16.5. The number of rotatable bonds is 7. The number of carbonyl (C=O) groups is 1. The van der Waals surface area contributed by atoms with Gasteiger partial charge < -0.3 is 18.7 Å². The third-order valence-corrected chi connectivity index (χ3v) is 4.20. The lowest BCUT2D eigenvalue weighted by Crippen LogP contribution is -2.18. The average Bonchev–Trinajstić information content (AvgIpc) is 3.14. The summed E-state index contributed by atoms with van der Waals surface area (Å²) in [6, 6.07) is 12.8. The van der Waals surface area contributed by atoms with Crippen molar-refractivity contribution in [3.05, 3.63) is 59.4 Å². The number of hydrogen-bond acceptors (Lipinski definition) is 7. The largest absolute Gasteiger partial charge is 0.493 e. The van der Waals surface area contributed by atoms with Crippen LogP contribution >= 0.6 is 0 Å². The number of amides is 1. The van der Waals surface area contributed by atoms with Gasteiger partial charge in [0.2, 0.25) is 5.75 Å². The Hall–Kier alpha value is -3.81. The van der Waals surface area contributed by atoms with E-state index >= 15 is 0 Å². The highest BCUT2D eigenvalue weighted by molar-refractivity contribution is 6.01. The lowest BCUT2D eigenvalue weighted by Gasteiger charge is -2.12. The van der Waals surface area contributed by atoms with Crippen LogP contribution in [-0.2, 0) is 0 Å². The third-order valence-electron chi connectivity index (χ3n) is 4.20. The Morgan fingerprint density at radius 1 is 1.07 bits per heavy atom. The molecule has 1 amide bonds. The fourth-order valence-electron chi connectivity index (χ4n) is 2.83. The quantitative estimate of drug-likeness (QED) is 0.486. The number of benzene rings is 2. The molecule has 0 radical (unpaired) electrons. The minimum atomic E-state index is -0.425. The number of hydrazone groups is 1. The number of hydrogen-bond donors (Lipinski definition) is 1. The monoisotopic (exact) mass is 395 g/mol. The molecule has 0 unspecified atom stereocenters. The van der Waals surface area contributed by atoms with Crippen LogP contribution in [0.2, 0.25) is 0 Å². The fraction of sp³-hybridized carbons (Fsp3) is 0.190. The number of aryl methyl sites for hydroxylation is 1. The van der Waals surface area contributed by atoms with Gasteiger partial charge in [-0.3, -0.25) is 4.79 Å². The van der Waals surface area contributed by atoms with E-state index in [9.17, 15) is 4.79 Å². The number of carbonyl (C=O) groups excluding carboxylic acids is 1. The summed E-state index contributed by atoms with van der Waals surface area (Å²) >= 11 is 0. The van der Waals surface area contributed by atoms with Crippen molar-refractivity contribution in [1.29, 1.82) is 0 Å². The summed E-state index contributed by atoms with van der Waals surface area (Å²) in [6.07, 6.45) is 1.48. The molecule has 0 atom stereocenters. The van der Waals surface area contributed by atoms with Crippen molar-refractivity contribution >= 4 is 12.1 Å². The zero-order chi connectivity index (χ0) is 20.8. The number of methoxy groups -OCH3 is 3. The lowest BCUT2D eigenvalue weighted by atomic mass is 10.1. The first-order valence-corrected chi connectivity index (χ1v) is 8.74. The highest BCUT2D eigenvalue weighted by Gasteiger charge is 2.21. The standard InChI is InChI=1S/C21H21N3O5/c1-13-18(19(24-29-13)15-8-6-5-7-9-15)21(25)23-22-12-14-10-16(26-2)20(28-4)17(11-14)27-3/h5-12H,1-4H3,(H,23,25). The second-order valence-corrected chi connectivity index (χ2v) is 5.99. The van der Waals surface area contributed by atoms with Crippen LogP contribution in [0.15, 0.2) is 52.1 Å². The Labute approximate surface area is 168 Å². The second-order valence-electron chi connectivity index (χ2n) is 5.99. The Kier molecular flexibility index (Phi) is 6.13. The molecule has 8 heteroatoms. The van der Waals surface area contributed by atoms with Crippen molar-refractivity contribution in [2.24, 2.45) is 5.10 Å². The predicted octanol–water partition coefficient (Wildman–Crippen LogP) is 3.44. The summed E-state index contributed by atoms with van der Waals surface area (Å²) in [5.74, 6) is 1.43. The van der Waals surface area contributed by atoms with Crippen LogP contribution in [-0.4, -0.2) is 38.6 Å². The maximum Gasteiger partial charge on any atom is 0.277 e. The van der Waals surface area contributed by atoms with Crippen molar-refractivity contribution in [3.63, 3.8) is 0 Å². The first-order chi connectivity index (χ1) is 14.1. The SMILES string of the molecule is COc1cc(C=NNC(=O)c2c(-c3ccccc3)noc2C)cc(OC)c1OC. The summed E-state index contributed by atoms with van der Waals surface area (Å²) < 4.78 is 21.1. The molecule has 0 aliphatic rings.